The molecule has 0 aromatic heterocycles. The molecule has 1 aliphatic heterocycles. The van der Waals surface area contributed by atoms with Crippen molar-refractivity contribution in [1.82, 2.24) is 4.90 Å². The molecule has 0 aromatic carbocycles. The Labute approximate surface area is 93.7 Å². The van der Waals surface area contributed by atoms with Crippen molar-refractivity contribution in [2.24, 2.45) is 5.73 Å². The molecule has 0 spiro atoms. The van der Waals surface area contributed by atoms with Gasteiger partial charge >= 0.3 is 6.18 Å². The third kappa shape index (κ3) is 4.27. The number of alkyl halides is 3. The molecule has 2 atom stereocenters. The molecule has 1 fully saturated rings. The second-order valence-corrected chi connectivity index (χ2v) is 4.18. The van der Waals surface area contributed by atoms with Gasteiger partial charge in [-0.2, -0.15) is 13.2 Å². The Morgan fingerprint density at radius 1 is 1.44 bits per heavy atom. The van der Waals surface area contributed by atoms with Gasteiger partial charge in [0.05, 0.1) is 13.2 Å². The maximum absolute atomic E-state index is 12.4. The smallest absolute Gasteiger partial charge is 0.380 e. The van der Waals surface area contributed by atoms with Gasteiger partial charge in [0, 0.05) is 18.7 Å². The van der Waals surface area contributed by atoms with Crippen molar-refractivity contribution in [2.45, 2.75) is 38.0 Å². The van der Waals surface area contributed by atoms with E-state index in [4.69, 9.17) is 10.5 Å². The summed E-state index contributed by atoms with van der Waals surface area (Å²) in [6.07, 6.45) is -2.87. The molecule has 3 nitrogen and oxygen atoms in total. The van der Waals surface area contributed by atoms with Crippen LogP contribution in [0.15, 0.2) is 0 Å². The van der Waals surface area contributed by atoms with Crippen molar-refractivity contribution in [1.29, 1.82) is 0 Å². The third-order valence-corrected chi connectivity index (χ3v) is 2.74. The SMILES string of the molecule is CCCN(CC(F)(F)F)C1COCCC1N. The molecule has 96 valence electrons. The molecule has 0 amide bonds. The predicted octanol–water partition coefficient (Wildman–Crippen LogP) is 1.38. The van der Waals surface area contributed by atoms with Gasteiger partial charge in [-0.3, -0.25) is 4.90 Å². The van der Waals surface area contributed by atoms with Gasteiger partial charge in [0.25, 0.3) is 0 Å². The normalized spacial score (nSPS) is 27.4. The van der Waals surface area contributed by atoms with Crippen LogP contribution in [-0.2, 0) is 4.74 Å². The highest BCUT2D eigenvalue weighted by Gasteiger charge is 2.36. The number of hydrogen-bond donors (Lipinski definition) is 1. The van der Waals surface area contributed by atoms with Crippen LogP contribution in [0.1, 0.15) is 19.8 Å². The monoisotopic (exact) mass is 240 g/mol. The second kappa shape index (κ2) is 5.84. The van der Waals surface area contributed by atoms with Crippen molar-refractivity contribution in [3.8, 4) is 0 Å². The van der Waals surface area contributed by atoms with E-state index in [0.717, 1.165) is 0 Å². The molecule has 0 aliphatic carbocycles. The first-order valence-electron chi connectivity index (χ1n) is 5.58. The molecule has 2 N–H and O–H groups in total. The first-order chi connectivity index (χ1) is 7.44. The van der Waals surface area contributed by atoms with Gasteiger partial charge in [0.1, 0.15) is 0 Å². The fraction of sp³-hybridized carbons (Fsp3) is 1.00. The maximum atomic E-state index is 12.4. The van der Waals surface area contributed by atoms with E-state index in [1.807, 2.05) is 6.92 Å². The van der Waals surface area contributed by atoms with Crippen molar-refractivity contribution < 1.29 is 17.9 Å². The fourth-order valence-electron chi connectivity index (χ4n) is 2.00. The predicted molar refractivity (Wildman–Crippen MR) is 55.1 cm³/mol. The fourth-order valence-corrected chi connectivity index (χ4v) is 2.00. The molecule has 1 saturated heterocycles. The number of nitrogens with two attached hydrogens (primary N) is 1. The molecule has 0 saturated carbocycles. The first-order valence-corrected chi connectivity index (χ1v) is 5.58. The van der Waals surface area contributed by atoms with Gasteiger partial charge in [-0.1, -0.05) is 6.92 Å². The lowest BCUT2D eigenvalue weighted by Crippen LogP contribution is -2.55. The zero-order chi connectivity index (χ0) is 12.2. The van der Waals surface area contributed by atoms with Crippen molar-refractivity contribution in [3.05, 3.63) is 0 Å². The topological polar surface area (TPSA) is 38.5 Å². The van der Waals surface area contributed by atoms with Crippen molar-refractivity contribution in [2.75, 3.05) is 26.3 Å². The van der Waals surface area contributed by atoms with E-state index in [0.29, 0.717) is 32.6 Å². The summed E-state index contributed by atoms with van der Waals surface area (Å²) >= 11 is 0. The van der Waals surface area contributed by atoms with Crippen LogP contribution in [0.25, 0.3) is 0 Å². The number of rotatable bonds is 4. The maximum Gasteiger partial charge on any atom is 0.401 e. The van der Waals surface area contributed by atoms with Crippen LogP contribution in [0.3, 0.4) is 0 Å². The number of ether oxygens (including phenoxy) is 1. The molecule has 1 heterocycles. The average Bonchev–Trinajstić information content (AvgIpc) is 2.16. The van der Waals surface area contributed by atoms with E-state index in [9.17, 15) is 13.2 Å². The largest absolute Gasteiger partial charge is 0.401 e. The highest BCUT2D eigenvalue weighted by Crippen LogP contribution is 2.21. The number of halogens is 3. The van der Waals surface area contributed by atoms with Crippen LogP contribution in [0.4, 0.5) is 13.2 Å². The highest BCUT2D eigenvalue weighted by molar-refractivity contribution is 4.85. The molecular weight excluding hydrogens is 221 g/mol. The minimum atomic E-state index is -4.17. The number of nitrogens with zero attached hydrogens (tertiary/aromatic N) is 1. The Hall–Kier alpha value is -0.330. The summed E-state index contributed by atoms with van der Waals surface area (Å²) < 4.78 is 42.4. The summed E-state index contributed by atoms with van der Waals surface area (Å²) in [5.41, 5.74) is 5.84. The molecule has 1 rings (SSSR count). The van der Waals surface area contributed by atoms with Gasteiger partial charge < -0.3 is 10.5 Å². The lowest BCUT2D eigenvalue weighted by atomic mass is 10.0. The van der Waals surface area contributed by atoms with E-state index in [2.05, 4.69) is 0 Å². The van der Waals surface area contributed by atoms with Crippen LogP contribution < -0.4 is 5.73 Å². The van der Waals surface area contributed by atoms with Gasteiger partial charge in [0.15, 0.2) is 0 Å². The molecule has 2 unspecified atom stereocenters. The Morgan fingerprint density at radius 3 is 2.62 bits per heavy atom. The van der Waals surface area contributed by atoms with Crippen LogP contribution in [-0.4, -0.2) is 49.5 Å². The molecule has 16 heavy (non-hydrogen) atoms. The van der Waals surface area contributed by atoms with E-state index < -0.39 is 12.7 Å². The van der Waals surface area contributed by atoms with Gasteiger partial charge in [0.2, 0.25) is 0 Å². The Balaban J connectivity index is 2.60. The second-order valence-electron chi connectivity index (χ2n) is 4.18. The Bertz CT molecular complexity index is 211. The van der Waals surface area contributed by atoms with Crippen molar-refractivity contribution in [3.63, 3.8) is 0 Å². The highest BCUT2D eigenvalue weighted by atomic mass is 19.4. The van der Waals surface area contributed by atoms with Gasteiger partial charge in [-0.15, -0.1) is 0 Å². The zero-order valence-corrected chi connectivity index (χ0v) is 9.46. The van der Waals surface area contributed by atoms with Gasteiger partial charge in [-0.05, 0) is 19.4 Å². The van der Waals surface area contributed by atoms with E-state index >= 15 is 0 Å². The van der Waals surface area contributed by atoms with E-state index in [1.165, 1.54) is 4.90 Å². The summed E-state index contributed by atoms with van der Waals surface area (Å²) in [4.78, 5) is 1.39. The minimum Gasteiger partial charge on any atom is -0.380 e. The van der Waals surface area contributed by atoms with E-state index in [1.54, 1.807) is 0 Å². The summed E-state index contributed by atoms with van der Waals surface area (Å²) in [6.45, 7) is 2.21. The van der Waals surface area contributed by atoms with Crippen LogP contribution in [0, 0.1) is 0 Å². The van der Waals surface area contributed by atoms with Crippen LogP contribution >= 0.6 is 0 Å². The molecular formula is C10H19F3N2O. The van der Waals surface area contributed by atoms with Gasteiger partial charge in [-0.25, -0.2) is 0 Å². The standard InChI is InChI=1S/C10H19F3N2O/c1-2-4-15(7-10(11,12)13)9-6-16-5-3-8(9)14/h8-9H,2-7,14H2,1H3. The zero-order valence-electron chi connectivity index (χ0n) is 9.46. The van der Waals surface area contributed by atoms with E-state index in [-0.39, 0.29) is 12.1 Å². The summed E-state index contributed by atoms with van der Waals surface area (Å²) in [6, 6.07) is -0.530. The van der Waals surface area contributed by atoms with Crippen LogP contribution in [0.5, 0.6) is 0 Å². The average molecular weight is 240 g/mol. The molecule has 0 radical (unpaired) electrons. The third-order valence-electron chi connectivity index (χ3n) is 2.74. The summed E-state index contributed by atoms with van der Waals surface area (Å²) in [7, 11) is 0. The lowest BCUT2D eigenvalue weighted by Gasteiger charge is -2.38. The number of hydrogen-bond acceptors (Lipinski definition) is 3. The quantitative estimate of drug-likeness (QED) is 0.806. The first kappa shape index (κ1) is 13.7. The molecule has 1 aliphatic rings. The Morgan fingerprint density at radius 2 is 2.12 bits per heavy atom. The molecule has 6 heteroatoms. The lowest BCUT2D eigenvalue weighted by molar-refractivity contribution is -0.157. The summed E-state index contributed by atoms with van der Waals surface area (Å²) in [5.74, 6) is 0. The minimum absolute atomic E-state index is 0.220. The van der Waals surface area contributed by atoms with Crippen molar-refractivity contribution >= 4 is 0 Å². The molecule has 0 bridgehead atoms. The van der Waals surface area contributed by atoms with Crippen LogP contribution in [0.2, 0.25) is 0 Å². The molecule has 0 aromatic rings. The summed E-state index contributed by atoms with van der Waals surface area (Å²) in [5, 5.41) is 0. The Kier molecular flexibility index (Phi) is 5.01.